The first kappa shape index (κ1) is 13.2. The molecule has 18 heavy (non-hydrogen) atoms. The van der Waals surface area contributed by atoms with Gasteiger partial charge in [0.1, 0.15) is 11.5 Å². The summed E-state index contributed by atoms with van der Waals surface area (Å²) in [5.41, 5.74) is 0. The minimum absolute atomic E-state index is 0.269. The van der Waals surface area contributed by atoms with Crippen LogP contribution in [0.5, 0.6) is 5.75 Å². The molecule has 0 N–H and O–H groups in total. The van der Waals surface area contributed by atoms with Crippen molar-refractivity contribution < 1.29 is 9.15 Å². The third-order valence-corrected chi connectivity index (χ3v) is 3.13. The Hall–Kier alpha value is -1.19. The number of rotatable bonds is 4. The van der Waals surface area contributed by atoms with Crippen LogP contribution in [0.1, 0.15) is 31.4 Å². The highest BCUT2D eigenvalue weighted by atomic mass is 35.5. The standard InChI is InChI=1S/C13H13Cl2NO2/c1-8(2)12-6-16-13(18-12)7-17-9-3-4-10(14)11(15)5-9/h3-6,8H,7H2,1-2H3. The molecule has 96 valence electrons. The fraction of sp³-hybridized carbons (Fsp3) is 0.308. The van der Waals surface area contributed by atoms with Gasteiger partial charge < -0.3 is 9.15 Å². The van der Waals surface area contributed by atoms with Gasteiger partial charge >= 0.3 is 0 Å². The highest BCUT2D eigenvalue weighted by Gasteiger charge is 2.08. The van der Waals surface area contributed by atoms with Gasteiger partial charge in [-0.1, -0.05) is 37.0 Å². The summed E-state index contributed by atoms with van der Waals surface area (Å²) in [6.07, 6.45) is 1.72. The average molecular weight is 286 g/mol. The second kappa shape index (κ2) is 5.63. The fourth-order valence-corrected chi connectivity index (χ4v) is 1.66. The van der Waals surface area contributed by atoms with Crippen molar-refractivity contribution in [3.05, 3.63) is 46.1 Å². The summed E-state index contributed by atoms with van der Waals surface area (Å²) in [6, 6.07) is 5.10. The molecule has 0 radical (unpaired) electrons. The summed E-state index contributed by atoms with van der Waals surface area (Å²) in [5.74, 6) is 2.34. The quantitative estimate of drug-likeness (QED) is 0.818. The summed E-state index contributed by atoms with van der Waals surface area (Å²) in [4.78, 5) is 4.14. The molecular weight excluding hydrogens is 273 g/mol. The molecule has 1 aromatic carbocycles. The Kier molecular flexibility index (Phi) is 4.15. The van der Waals surface area contributed by atoms with Gasteiger partial charge in [-0.3, -0.25) is 0 Å². The SMILES string of the molecule is CC(C)c1cnc(COc2ccc(Cl)c(Cl)c2)o1. The zero-order valence-corrected chi connectivity index (χ0v) is 11.6. The molecule has 2 aromatic rings. The van der Waals surface area contributed by atoms with Gasteiger partial charge in [0.25, 0.3) is 0 Å². The lowest BCUT2D eigenvalue weighted by Gasteiger charge is -2.04. The smallest absolute Gasteiger partial charge is 0.232 e. The molecule has 0 saturated heterocycles. The molecule has 0 saturated carbocycles. The van der Waals surface area contributed by atoms with Gasteiger partial charge in [-0.25, -0.2) is 4.98 Å². The van der Waals surface area contributed by atoms with E-state index in [9.17, 15) is 0 Å². The van der Waals surface area contributed by atoms with E-state index in [1.165, 1.54) is 0 Å². The van der Waals surface area contributed by atoms with E-state index in [1.807, 2.05) is 13.8 Å². The van der Waals surface area contributed by atoms with Crippen molar-refractivity contribution >= 4 is 23.2 Å². The van der Waals surface area contributed by atoms with Crippen LogP contribution in [0, 0.1) is 0 Å². The number of halogens is 2. The first-order chi connectivity index (χ1) is 8.56. The van der Waals surface area contributed by atoms with Crippen LogP contribution in [0.15, 0.2) is 28.8 Å². The number of nitrogens with zero attached hydrogens (tertiary/aromatic N) is 1. The average Bonchev–Trinajstić information content (AvgIpc) is 2.79. The van der Waals surface area contributed by atoms with Crippen LogP contribution in [0.25, 0.3) is 0 Å². The van der Waals surface area contributed by atoms with Crippen molar-refractivity contribution in [2.45, 2.75) is 26.4 Å². The lowest BCUT2D eigenvalue weighted by Crippen LogP contribution is -1.95. The number of benzene rings is 1. The normalized spacial score (nSPS) is 10.9. The van der Waals surface area contributed by atoms with E-state index in [2.05, 4.69) is 4.98 Å². The molecule has 0 spiro atoms. The van der Waals surface area contributed by atoms with Gasteiger partial charge in [0.2, 0.25) is 5.89 Å². The van der Waals surface area contributed by atoms with Crippen LogP contribution in [0.3, 0.4) is 0 Å². The second-order valence-corrected chi connectivity index (χ2v) is 4.99. The third-order valence-electron chi connectivity index (χ3n) is 2.39. The molecule has 0 amide bonds. The zero-order chi connectivity index (χ0) is 13.1. The van der Waals surface area contributed by atoms with Crippen molar-refractivity contribution in [3.8, 4) is 5.75 Å². The van der Waals surface area contributed by atoms with Crippen molar-refractivity contribution in [1.82, 2.24) is 4.98 Å². The lowest BCUT2D eigenvalue weighted by atomic mass is 10.2. The Labute approximate surface area is 116 Å². The molecule has 1 heterocycles. The number of ether oxygens (including phenoxy) is 1. The largest absolute Gasteiger partial charge is 0.484 e. The Morgan fingerprint density at radius 1 is 1.28 bits per heavy atom. The van der Waals surface area contributed by atoms with E-state index in [0.29, 0.717) is 27.6 Å². The number of aromatic nitrogens is 1. The highest BCUT2D eigenvalue weighted by molar-refractivity contribution is 6.42. The monoisotopic (exact) mass is 285 g/mol. The fourth-order valence-electron chi connectivity index (χ4n) is 1.37. The van der Waals surface area contributed by atoms with Crippen LogP contribution in [-0.4, -0.2) is 4.98 Å². The number of oxazole rings is 1. The molecule has 5 heteroatoms. The van der Waals surface area contributed by atoms with Crippen molar-refractivity contribution in [3.63, 3.8) is 0 Å². The van der Waals surface area contributed by atoms with E-state index in [0.717, 1.165) is 5.76 Å². The molecule has 0 atom stereocenters. The number of hydrogen-bond acceptors (Lipinski definition) is 3. The van der Waals surface area contributed by atoms with Gasteiger partial charge in [0, 0.05) is 12.0 Å². The van der Waals surface area contributed by atoms with Gasteiger partial charge in [0.15, 0.2) is 6.61 Å². The van der Waals surface area contributed by atoms with Crippen molar-refractivity contribution in [2.75, 3.05) is 0 Å². The summed E-state index contributed by atoms with van der Waals surface area (Å²) in [6.45, 7) is 4.36. The van der Waals surface area contributed by atoms with E-state index in [-0.39, 0.29) is 6.61 Å². The Balaban J connectivity index is 2.00. The van der Waals surface area contributed by atoms with Gasteiger partial charge in [-0.15, -0.1) is 0 Å². The predicted octanol–water partition coefficient (Wildman–Crippen LogP) is 4.68. The summed E-state index contributed by atoms with van der Waals surface area (Å²) in [7, 11) is 0. The second-order valence-electron chi connectivity index (χ2n) is 4.18. The summed E-state index contributed by atoms with van der Waals surface area (Å²) < 4.78 is 11.0. The van der Waals surface area contributed by atoms with Crippen LogP contribution >= 0.6 is 23.2 Å². The topological polar surface area (TPSA) is 35.3 Å². The van der Waals surface area contributed by atoms with E-state index in [1.54, 1.807) is 24.4 Å². The molecule has 0 bridgehead atoms. The maximum Gasteiger partial charge on any atom is 0.232 e. The molecule has 0 unspecified atom stereocenters. The summed E-state index contributed by atoms with van der Waals surface area (Å²) in [5, 5.41) is 0.965. The van der Waals surface area contributed by atoms with Gasteiger partial charge in [-0.05, 0) is 12.1 Å². The zero-order valence-electron chi connectivity index (χ0n) is 10.1. The molecule has 0 aliphatic rings. The van der Waals surface area contributed by atoms with E-state index < -0.39 is 0 Å². The summed E-state index contributed by atoms with van der Waals surface area (Å²) >= 11 is 11.7. The minimum atomic E-state index is 0.269. The molecule has 2 rings (SSSR count). The molecule has 3 nitrogen and oxygen atoms in total. The van der Waals surface area contributed by atoms with Gasteiger partial charge in [0.05, 0.1) is 16.2 Å². The number of hydrogen-bond donors (Lipinski definition) is 0. The van der Waals surface area contributed by atoms with E-state index >= 15 is 0 Å². The van der Waals surface area contributed by atoms with E-state index in [4.69, 9.17) is 32.4 Å². The van der Waals surface area contributed by atoms with Gasteiger partial charge in [-0.2, -0.15) is 0 Å². The predicted molar refractivity (Wildman–Crippen MR) is 71.4 cm³/mol. The Bertz CT molecular complexity index is 538. The Morgan fingerprint density at radius 3 is 2.67 bits per heavy atom. The van der Waals surface area contributed by atoms with Crippen LogP contribution in [-0.2, 0) is 6.61 Å². The molecule has 0 aliphatic carbocycles. The van der Waals surface area contributed by atoms with Crippen molar-refractivity contribution in [1.29, 1.82) is 0 Å². The maximum absolute atomic E-state index is 5.89. The molecule has 1 aromatic heterocycles. The highest BCUT2D eigenvalue weighted by Crippen LogP contribution is 2.26. The maximum atomic E-state index is 5.89. The van der Waals surface area contributed by atoms with Crippen LogP contribution in [0.2, 0.25) is 10.0 Å². The minimum Gasteiger partial charge on any atom is -0.484 e. The molecule has 0 aliphatic heterocycles. The van der Waals surface area contributed by atoms with Crippen LogP contribution < -0.4 is 4.74 Å². The molecule has 0 fully saturated rings. The third kappa shape index (κ3) is 3.18. The first-order valence-electron chi connectivity index (χ1n) is 5.58. The Morgan fingerprint density at radius 2 is 2.06 bits per heavy atom. The molecular formula is C13H13Cl2NO2. The first-order valence-corrected chi connectivity index (χ1v) is 6.34. The lowest BCUT2D eigenvalue weighted by molar-refractivity contribution is 0.257. The van der Waals surface area contributed by atoms with Crippen molar-refractivity contribution in [2.24, 2.45) is 0 Å². The van der Waals surface area contributed by atoms with Crippen LogP contribution in [0.4, 0.5) is 0 Å².